The fraction of sp³-hybridized carbons (Fsp3) is 0.400. The molecule has 0 aromatic heterocycles. The zero-order valence-corrected chi connectivity index (χ0v) is 12.3. The van der Waals surface area contributed by atoms with Gasteiger partial charge in [-0.2, -0.15) is 0 Å². The highest BCUT2D eigenvalue weighted by molar-refractivity contribution is 6.30. The summed E-state index contributed by atoms with van der Waals surface area (Å²) in [4.78, 5) is 11.8. The summed E-state index contributed by atoms with van der Waals surface area (Å²) in [6.45, 7) is 7.54. The van der Waals surface area contributed by atoms with E-state index in [4.69, 9.17) is 16.3 Å². The van der Waals surface area contributed by atoms with Crippen LogP contribution in [0.25, 0.3) is 5.57 Å². The number of hydrogen-bond acceptors (Lipinski definition) is 2. The first-order valence-electron chi connectivity index (χ1n) is 6.24. The molecule has 0 heterocycles. The molecule has 1 N–H and O–H groups in total. The van der Waals surface area contributed by atoms with Crippen LogP contribution < -0.4 is 5.32 Å². The minimum Gasteiger partial charge on any atom is -0.444 e. The Kier molecular flexibility index (Phi) is 3.59. The van der Waals surface area contributed by atoms with Crippen LogP contribution in [-0.4, -0.2) is 11.7 Å². The predicted octanol–water partition coefficient (Wildman–Crippen LogP) is 4.32. The van der Waals surface area contributed by atoms with Gasteiger partial charge in [-0.15, -0.1) is 0 Å². The van der Waals surface area contributed by atoms with E-state index < -0.39 is 11.7 Å². The molecule has 1 aliphatic rings. The fourth-order valence-electron chi connectivity index (χ4n) is 2.12. The molecule has 0 spiro atoms. The average Bonchev–Trinajstić information content (AvgIpc) is 2.52. The summed E-state index contributed by atoms with van der Waals surface area (Å²) in [6, 6.07) is 5.53. The zero-order valence-electron chi connectivity index (χ0n) is 11.6. The van der Waals surface area contributed by atoms with E-state index in [1.165, 1.54) is 0 Å². The van der Waals surface area contributed by atoms with Crippen molar-refractivity contribution in [2.24, 2.45) is 0 Å². The van der Waals surface area contributed by atoms with Crippen molar-refractivity contribution >= 4 is 23.3 Å². The molecule has 0 saturated carbocycles. The number of carbonyl (C=O) groups is 1. The van der Waals surface area contributed by atoms with E-state index in [9.17, 15) is 4.79 Å². The molecule has 0 saturated heterocycles. The number of rotatable bonds is 1. The van der Waals surface area contributed by atoms with Gasteiger partial charge < -0.3 is 10.1 Å². The number of fused-ring (bicyclic) bond motifs is 1. The number of amides is 1. The standard InChI is InChI=1S/C15H18ClNO2/c1-9-7-13(17-14(18)19-15(2,3)4)11-6-5-10(16)8-12(9)11/h5-8,13H,1-4H3,(H,17,18). The maximum absolute atomic E-state index is 11.8. The van der Waals surface area contributed by atoms with Crippen LogP contribution in [0.5, 0.6) is 0 Å². The molecule has 1 unspecified atom stereocenters. The largest absolute Gasteiger partial charge is 0.444 e. The molecule has 0 aliphatic heterocycles. The van der Waals surface area contributed by atoms with Gasteiger partial charge in [0.25, 0.3) is 0 Å². The Balaban J connectivity index is 2.15. The SMILES string of the molecule is CC1=CC(NC(=O)OC(C)(C)C)c2ccc(Cl)cc21. The number of benzene rings is 1. The molecule has 4 heteroatoms. The maximum atomic E-state index is 11.8. The third-order valence-electron chi connectivity index (χ3n) is 2.86. The van der Waals surface area contributed by atoms with Gasteiger partial charge in [-0.3, -0.25) is 0 Å². The highest BCUT2D eigenvalue weighted by atomic mass is 35.5. The van der Waals surface area contributed by atoms with Crippen molar-refractivity contribution in [3.05, 3.63) is 40.4 Å². The predicted molar refractivity (Wildman–Crippen MR) is 77.2 cm³/mol. The van der Waals surface area contributed by atoms with Gasteiger partial charge in [0.2, 0.25) is 0 Å². The second-order valence-electron chi connectivity index (χ2n) is 5.71. The smallest absolute Gasteiger partial charge is 0.408 e. The molecule has 1 amide bonds. The summed E-state index contributed by atoms with van der Waals surface area (Å²) >= 11 is 5.99. The number of nitrogens with one attached hydrogen (secondary N) is 1. The van der Waals surface area contributed by atoms with Gasteiger partial charge in [0.05, 0.1) is 6.04 Å². The van der Waals surface area contributed by atoms with Gasteiger partial charge in [0, 0.05) is 5.02 Å². The monoisotopic (exact) mass is 279 g/mol. The van der Waals surface area contributed by atoms with E-state index >= 15 is 0 Å². The molecule has 3 nitrogen and oxygen atoms in total. The van der Waals surface area contributed by atoms with E-state index in [2.05, 4.69) is 5.32 Å². The molecule has 1 atom stereocenters. The van der Waals surface area contributed by atoms with Crippen LogP contribution in [0, 0.1) is 0 Å². The van der Waals surface area contributed by atoms with Crippen LogP contribution in [0.4, 0.5) is 4.79 Å². The number of allylic oxidation sites excluding steroid dienone is 1. The van der Waals surface area contributed by atoms with Gasteiger partial charge in [-0.25, -0.2) is 4.79 Å². The molecule has 1 aliphatic carbocycles. The zero-order chi connectivity index (χ0) is 14.2. The number of halogens is 1. The first kappa shape index (κ1) is 13.9. The van der Waals surface area contributed by atoms with E-state index in [1.54, 1.807) is 0 Å². The van der Waals surface area contributed by atoms with Gasteiger partial charge >= 0.3 is 6.09 Å². The number of alkyl carbamates (subject to hydrolysis) is 1. The molecular weight excluding hydrogens is 262 g/mol. The lowest BCUT2D eigenvalue weighted by Crippen LogP contribution is -2.34. The molecule has 0 bridgehead atoms. The van der Waals surface area contributed by atoms with E-state index in [-0.39, 0.29) is 6.04 Å². The molecule has 1 aromatic carbocycles. The van der Waals surface area contributed by atoms with Gasteiger partial charge in [-0.1, -0.05) is 23.7 Å². The summed E-state index contributed by atoms with van der Waals surface area (Å²) in [5, 5.41) is 3.56. The van der Waals surface area contributed by atoms with Crippen molar-refractivity contribution in [2.45, 2.75) is 39.3 Å². The van der Waals surface area contributed by atoms with Crippen molar-refractivity contribution in [1.82, 2.24) is 5.32 Å². The number of carbonyl (C=O) groups excluding carboxylic acids is 1. The van der Waals surface area contributed by atoms with Crippen LogP contribution in [0.15, 0.2) is 24.3 Å². The van der Waals surface area contributed by atoms with Gasteiger partial charge in [-0.05, 0) is 56.5 Å². The molecule has 0 fully saturated rings. The summed E-state index contributed by atoms with van der Waals surface area (Å²) in [5.41, 5.74) is 2.74. The highest BCUT2D eigenvalue weighted by Gasteiger charge is 2.25. The normalized spacial score (nSPS) is 17.7. The molecule has 2 rings (SSSR count). The Hall–Kier alpha value is -1.48. The first-order chi connectivity index (χ1) is 8.76. The Morgan fingerprint density at radius 1 is 1.37 bits per heavy atom. The number of ether oxygens (including phenoxy) is 1. The Labute approximate surface area is 118 Å². The van der Waals surface area contributed by atoms with Crippen molar-refractivity contribution in [3.63, 3.8) is 0 Å². The maximum Gasteiger partial charge on any atom is 0.408 e. The fourth-order valence-corrected chi connectivity index (χ4v) is 2.30. The van der Waals surface area contributed by atoms with Crippen LogP contribution in [0.2, 0.25) is 5.02 Å². The second kappa shape index (κ2) is 4.89. The first-order valence-corrected chi connectivity index (χ1v) is 6.62. The van der Waals surface area contributed by atoms with Crippen LogP contribution in [0.3, 0.4) is 0 Å². The van der Waals surface area contributed by atoms with Crippen molar-refractivity contribution in [2.75, 3.05) is 0 Å². The highest BCUT2D eigenvalue weighted by Crippen LogP contribution is 2.35. The minimum atomic E-state index is -0.496. The minimum absolute atomic E-state index is 0.151. The third-order valence-corrected chi connectivity index (χ3v) is 3.10. The quantitative estimate of drug-likeness (QED) is 0.831. The molecule has 19 heavy (non-hydrogen) atoms. The Morgan fingerprint density at radius 2 is 2.05 bits per heavy atom. The molecule has 0 radical (unpaired) electrons. The number of hydrogen-bond donors (Lipinski definition) is 1. The summed E-state index contributed by atoms with van der Waals surface area (Å²) in [7, 11) is 0. The second-order valence-corrected chi connectivity index (χ2v) is 6.14. The lowest BCUT2D eigenvalue weighted by molar-refractivity contribution is 0.0514. The third kappa shape index (κ3) is 3.29. The van der Waals surface area contributed by atoms with Crippen LogP contribution in [-0.2, 0) is 4.74 Å². The topological polar surface area (TPSA) is 38.3 Å². The lowest BCUT2D eigenvalue weighted by Gasteiger charge is -2.21. The van der Waals surface area contributed by atoms with Crippen molar-refractivity contribution in [3.8, 4) is 0 Å². The summed E-state index contributed by atoms with van der Waals surface area (Å²) in [6.07, 6.45) is 1.59. The summed E-state index contributed by atoms with van der Waals surface area (Å²) < 4.78 is 5.27. The van der Waals surface area contributed by atoms with Crippen molar-refractivity contribution in [1.29, 1.82) is 0 Å². The van der Waals surface area contributed by atoms with E-state index in [0.29, 0.717) is 5.02 Å². The van der Waals surface area contributed by atoms with E-state index in [0.717, 1.165) is 16.7 Å². The van der Waals surface area contributed by atoms with Crippen molar-refractivity contribution < 1.29 is 9.53 Å². The molecule has 102 valence electrons. The van der Waals surface area contributed by atoms with Gasteiger partial charge in [0.15, 0.2) is 0 Å². The van der Waals surface area contributed by atoms with Crippen LogP contribution in [0.1, 0.15) is 44.9 Å². The molecular formula is C15H18ClNO2. The van der Waals surface area contributed by atoms with Crippen LogP contribution >= 0.6 is 11.6 Å². The summed E-state index contributed by atoms with van der Waals surface area (Å²) in [5.74, 6) is 0. The Bertz CT molecular complexity index is 544. The van der Waals surface area contributed by atoms with Gasteiger partial charge in [0.1, 0.15) is 5.60 Å². The average molecular weight is 280 g/mol. The lowest BCUT2D eigenvalue weighted by atomic mass is 10.1. The van der Waals surface area contributed by atoms with E-state index in [1.807, 2.05) is 52.0 Å². The Morgan fingerprint density at radius 3 is 2.68 bits per heavy atom. The molecule has 1 aromatic rings.